The van der Waals surface area contributed by atoms with Gasteiger partial charge in [0.05, 0.1) is 17.3 Å². The molecule has 0 aliphatic carbocycles. The van der Waals surface area contributed by atoms with Crippen molar-refractivity contribution in [2.24, 2.45) is 0 Å². The van der Waals surface area contributed by atoms with Crippen LogP contribution in [0.15, 0.2) is 18.2 Å². The number of hydrazine groups is 1. The van der Waals surface area contributed by atoms with Gasteiger partial charge in [0.1, 0.15) is 0 Å². The number of sulfone groups is 1. The Labute approximate surface area is 158 Å². The second-order valence-electron chi connectivity index (χ2n) is 5.93. The van der Waals surface area contributed by atoms with E-state index >= 15 is 0 Å². The lowest BCUT2D eigenvalue weighted by Crippen LogP contribution is -2.44. The maximum Gasteiger partial charge on any atom is 0.248 e. The number of carbonyl (C=O) groups is 1. The minimum absolute atomic E-state index is 0.0000859. The fourth-order valence-corrected chi connectivity index (χ4v) is 6.19. The molecule has 0 radical (unpaired) electrons. The van der Waals surface area contributed by atoms with Crippen LogP contribution in [0.2, 0.25) is 0 Å². The topological polar surface area (TPSA) is 87.3 Å². The van der Waals surface area contributed by atoms with Gasteiger partial charge in [-0.2, -0.15) is 0 Å². The maximum atomic E-state index is 11.9. The number of amides is 1. The van der Waals surface area contributed by atoms with E-state index in [-0.39, 0.29) is 28.4 Å². The van der Waals surface area contributed by atoms with Gasteiger partial charge in [0.15, 0.2) is 14.9 Å². The Morgan fingerprint density at radius 3 is 2.76 bits per heavy atom. The molecule has 0 spiro atoms. The van der Waals surface area contributed by atoms with E-state index in [1.807, 2.05) is 25.1 Å². The summed E-state index contributed by atoms with van der Waals surface area (Å²) < 4.78 is 22.8. The first-order valence-corrected chi connectivity index (χ1v) is 11.3. The Morgan fingerprint density at radius 2 is 2.12 bits per heavy atom. The molecule has 1 amide bonds. The van der Waals surface area contributed by atoms with Crippen LogP contribution in [0.25, 0.3) is 0 Å². The van der Waals surface area contributed by atoms with Crippen LogP contribution in [0.3, 0.4) is 0 Å². The number of hydrogen-bond donors (Lipinski definition) is 3. The predicted molar refractivity (Wildman–Crippen MR) is 108 cm³/mol. The maximum absolute atomic E-state index is 11.9. The van der Waals surface area contributed by atoms with Gasteiger partial charge in [-0.05, 0) is 43.1 Å². The summed E-state index contributed by atoms with van der Waals surface area (Å²) >= 11 is 6.58. The Bertz CT molecular complexity index is 750. The van der Waals surface area contributed by atoms with E-state index < -0.39 is 9.84 Å². The van der Waals surface area contributed by atoms with E-state index in [4.69, 9.17) is 12.2 Å². The first kappa shape index (κ1) is 20.0. The van der Waals surface area contributed by atoms with Gasteiger partial charge in [-0.3, -0.25) is 15.6 Å². The highest BCUT2D eigenvalue weighted by Crippen LogP contribution is 2.24. The van der Waals surface area contributed by atoms with E-state index in [2.05, 4.69) is 23.1 Å². The standard InChI is InChI=1S/C16H23N3O3S3/c1-3-12-6-4-5-11(2)15(12)17-16(23)19-18-14(20)9-24-13-7-8-25(21,22)10-13/h4-6,13H,3,7-10H2,1-2H3,(H,18,20)(H2,17,19,23)/t13-/m1/s1. The summed E-state index contributed by atoms with van der Waals surface area (Å²) in [5.41, 5.74) is 8.40. The number of nitrogens with one attached hydrogen (secondary N) is 3. The second-order valence-corrected chi connectivity index (χ2v) is 9.85. The van der Waals surface area contributed by atoms with Gasteiger partial charge in [-0.25, -0.2) is 8.42 Å². The average Bonchev–Trinajstić information content (AvgIpc) is 2.92. The van der Waals surface area contributed by atoms with Crippen molar-refractivity contribution < 1.29 is 13.2 Å². The van der Waals surface area contributed by atoms with Crippen molar-refractivity contribution in [2.75, 3.05) is 22.6 Å². The Balaban J connectivity index is 1.76. The second kappa shape index (κ2) is 8.86. The van der Waals surface area contributed by atoms with Gasteiger partial charge < -0.3 is 5.32 Å². The molecule has 0 aromatic heterocycles. The summed E-state index contributed by atoms with van der Waals surface area (Å²) in [4.78, 5) is 11.9. The molecule has 1 aliphatic heterocycles. The fraction of sp³-hybridized carbons (Fsp3) is 0.500. The molecular formula is C16H23N3O3S3. The molecule has 0 saturated carbocycles. The fourth-order valence-electron chi connectivity index (χ4n) is 2.60. The third-order valence-electron chi connectivity index (χ3n) is 3.93. The van der Waals surface area contributed by atoms with Gasteiger partial charge in [0.2, 0.25) is 5.91 Å². The molecule has 3 N–H and O–H groups in total. The minimum atomic E-state index is -2.91. The minimum Gasteiger partial charge on any atom is -0.331 e. The van der Waals surface area contributed by atoms with E-state index in [1.54, 1.807) is 0 Å². The van der Waals surface area contributed by atoms with Crippen molar-refractivity contribution >= 4 is 50.5 Å². The first-order chi connectivity index (χ1) is 11.8. The third-order valence-corrected chi connectivity index (χ3v) is 7.42. The molecular weight excluding hydrogens is 378 g/mol. The molecule has 1 fully saturated rings. The van der Waals surface area contributed by atoms with Gasteiger partial charge >= 0.3 is 0 Å². The number of carbonyl (C=O) groups excluding carboxylic acids is 1. The van der Waals surface area contributed by atoms with E-state index in [1.165, 1.54) is 11.8 Å². The summed E-state index contributed by atoms with van der Waals surface area (Å²) in [7, 11) is -2.91. The normalized spacial score (nSPS) is 18.6. The van der Waals surface area contributed by atoms with Crippen LogP contribution in [0.5, 0.6) is 0 Å². The van der Waals surface area contributed by atoms with Crippen LogP contribution in [-0.4, -0.2) is 41.9 Å². The van der Waals surface area contributed by atoms with Crippen LogP contribution in [-0.2, 0) is 21.1 Å². The predicted octanol–water partition coefficient (Wildman–Crippen LogP) is 1.80. The highest BCUT2D eigenvalue weighted by molar-refractivity contribution is 8.02. The molecule has 1 aromatic carbocycles. The van der Waals surface area contributed by atoms with Gasteiger partial charge in [0, 0.05) is 10.9 Å². The number of hydrogen-bond acceptors (Lipinski definition) is 5. The zero-order chi connectivity index (χ0) is 18.4. The Hall–Kier alpha value is -1.32. The van der Waals surface area contributed by atoms with Crippen molar-refractivity contribution in [3.63, 3.8) is 0 Å². The molecule has 138 valence electrons. The molecule has 9 heteroatoms. The first-order valence-electron chi connectivity index (χ1n) is 8.07. The molecule has 25 heavy (non-hydrogen) atoms. The molecule has 1 aliphatic rings. The van der Waals surface area contributed by atoms with E-state index in [0.29, 0.717) is 11.5 Å². The third kappa shape index (κ3) is 6.16. The van der Waals surface area contributed by atoms with E-state index in [9.17, 15) is 13.2 Å². The average molecular weight is 402 g/mol. The number of anilines is 1. The summed E-state index contributed by atoms with van der Waals surface area (Å²) in [6.45, 7) is 4.06. The van der Waals surface area contributed by atoms with Crippen molar-refractivity contribution in [1.29, 1.82) is 0 Å². The molecule has 0 unspecified atom stereocenters. The van der Waals surface area contributed by atoms with Crippen LogP contribution < -0.4 is 16.2 Å². The lowest BCUT2D eigenvalue weighted by atomic mass is 10.1. The summed E-state index contributed by atoms with van der Waals surface area (Å²) in [6.07, 6.45) is 1.49. The number of benzene rings is 1. The number of para-hydroxylation sites is 1. The smallest absolute Gasteiger partial charge is 0.248 e. The largest absolute Gasteiger partial charge is 0.331 e. The van der Waals surface area contributed by atoms with Crippen LogP contribution in [0, 0.1) is 6.92 Å². The van der Waals surface area contributed by atoms with Gasteiger partial charge in [-0.1, -0.05) is 25.1 Å². The number of aryl methyl sites for hydroxylation is 2. The molecule has 1 aromatic rings. The zero-order valence-corrected chi connectivity index (χ0v) is 16.7. The quantitative estimate of drug-likeness (QED) is 0.512. The van der Waals surface area contributed by atoms with Crippen LogP contribution in [0.4, 0.5) is 5.69 Å². The summed E-state index contributed by atoms with van der Waals surface area (Å²) in [5.74, 6) is 0.333. The van der Waals surface area contributed by atoms with Crippen molar-refractivity contribution in [2.45, 2.75) is 31.9 Å². The van der Waals surface area contributed by atoms with Crippen molar-refractivity contribution in [1.82, 2.24) is 10.9 Å². The van der Waals surface area contributed by atoms with Gasteiger partial charge in [0.25, 0.3) is 0 Å². The Kier molecular flexibility index (Phi) is 7.09. The SMILES string of the molecule is CCc1cccc(C)c1NC(=S)NNC(=O)CS[C@@H]1CCS(=O)(=O)C1. The zero-order valence-electron chi connectivity index (χ0n) is 14.3. The molecule has 1 saturated heterocycles. The Morgan fingerprint density at radius 1 is 1.36 bits per heavy atom. The molecule has 0 bridgehead atoms. The van der Waals surface area contributed by atoms with E-state index in [0.717, 1.165) is 23.2 Å². The van der Waals surface area contributed by atoms with Gasteiger partial charge in [-0.15, -0.1) is 11.8 Å². The lowest BCUT2D eigenvalue weighted by molar-refractivity contribution is -0.119. The van der Waals surface area contributed by atoms with Crippen LogP contribution >= 0.6 is 24.0 Å². The molecule has 2 rings (SSSR count). The molecule has 6 nitrogen and oxygen atoms in total. The number of thiocarbonyl (C=S) groups is 1. The molecule has 1 atom stereocenters. The van der Waals surface area contributed by atoms with Crippen molar-refractivity contribution in [3.8, 4) is 0 Å². The molecule has 1 heterocycles. The van der Waals surface area contributed by atoms with Crippen LogP contribution in [0.1, 0.15) is 24.5 Å². The lowest BCUT2D eigenvalue weighted by Gasteiger charge is -2.16. The summed E-state index contributed by atoms with van der Waals surface area (Å²) in [5, 5.41) is 3.42. The highest BCUT2D eigenvalue weighted by Gasteiger charge is 2.28. The highest BCUT2D eigenvalue weighted by atomic mass is 32.2. The number of thioether (sulfide) groups is 1. The number of rotatable bonds is 5. The van der Waals surface area contributed by atoms with Crippen molar-refractivity contribution in [3.05, 3.63) is 29.3 Å². The summed E-state index contributed by atoms with van der Waals surface area (Å²) in [6, 6.07) is 6.02. The monoisotopic (exact) mass is 401 g/mol.